The fourth-order valence-electron chi connectivity index (χ4n) is 3.37. The van der Waals surface area contributed by atoms with Crippen LogP contribution in [0.5, 0.6) is 5.75 Å². The van der Waals surface area contributed by atoms with Gasteiger partial charge in [0.15, 0.2) is 12.4 Å². The number of hydrogen-bond acceptors (Lipinski definition) is 7. The zero-order chi connectivity index (χ0) is 25.7. The summed E-state index contributed by atoms with van der Waals surface area (Å²) < 4.78 is 51.6. The molecule has 2 aromatic carbocycles. The van der Waals surface area contributed by atoms with E-state index in [1.54, 1.807) is 24.3 Å². The molecule has 36 heavy (non-hydrogen) atoms. The fraction of sp³-hybridized carbons (Fsp3) is 0.261. The first-order valence-electron chi connectivity index (χ1n) is 10.8. The van der Waals surface area contributed by atoms with E-state index in [-0.39, 0.29) is 42.5 Å². The number of ether oxygens (including phenoxy) is 1. The zero-order valence-electron chi connectivity index (χ0n) is 19.0. The Morgan fingerprint density at radius 1 is 1.03 bits per heavy atom. The van der Waals surface area contributed by atoms with E-state index in [9.17, 15) is 22.8 Å². The highest BCUT2D eigenvalue weighted by Crippen LogP contribution is 2.31. The van der Waals surface area contributed by atoms with Gasteiger partial charge in [0.05, 0.1) is 17.6 Å². The summed E-state index contributed by atoms with van der Waals surface area (Å²) in [5.74, 6) is -2.17. The van der Waals surface area contributed by atoms with Gasteiger partial charge in [-0.05, 0) is 30.7 Å². The normalized spacial score (nSPS) is 11.4. The van der Waals surface area contributed by atoms with E-state index in [1.165, 1.54) is 12.1 Å². The number of aromatic nitrogens is 4. The highest BCUT2D eigenvalue weighted by Gasteiger charge is 2.38. The first kappa shape index (κ1) is 24.7. The Hall–Kier alpha value is -4.42. The Morgan fingerprint density at radius 3 is 2.53 bits per heavy atom. The van der Waals surface area contributed by atoms with Crippen LogP contribution < -0.4 is 15.4 Å². The van der Waals surface area contributed by atoms with Crippen LogP contribution in [0.3, 0.4) is 0 Å². The fourth-order valence-corrected chi connectivity index (χ4v) is 3.37. The van der Waals surface area contributed by atoms with E-state index in [4.69, 9.17) is 9.26 Å². The first-order valence-corrected chi connectivity index (χ1v) is 10.8. The lowest BCUT2D eigenvalue weighted by molar-refractivity contribution is -0.146. The molecule has 2 amide bonds. The molecule has 0 saturated heterocycles. The minimum atomic E-state index is -4.70. The quantitative estimate of drug-likeness (QED) is 0.337. The molecule has 0 atom stereocenters. The van der Waals surface area contributed by atoms with Crippen molar-refractivity contribution >= 4 is 22.8 Å². The Balaban J connectivity index is 1.28. The molecule has 0 fully saturated rings. The molecule has 0 aliphatic rings. The second-order valence-corrected chi connectivity index (χ2v) is 7.68. The van der Waals surface area contributed by atoms with Gasteiger partial charge in [0, 0.05) is 13.1 Å². The molecule has 2 heterocycles. The van der Waals surface area contributed by atoms with Crippen LogP contribution in [0, 0.1) is 6.92 Å². The number of carbonyl (C=O) groups excluding carboxylic acids is 2. The van der Waals surface area contributed by atoms with Crippen LogP contribution in [0.25, 0.3) is 11.0 Å². The number of nitrogens with one attached hydrogen (secondary N) is 2. The molecule has 0 aliphatic carbocycles. The third kappa shape index (κ3) is 5.79. The highest BCUT2D eigenvalue weighted by atomic mass is 19.4. The van der Waals surface area contributed by atoms with Gasteiger partial charge < -0.3 is 24.5 Å². The predicted molar refractivity (Wildman–Crippen MR) is 120 cm³/mol. The average molecular weight is 502 g/mol. The van der Waals surface area contributed by atoms with Gasteiger partial charge in [-0.3, -0.25) is 9.59 Å². The number of carbonyl (C=O) groups is 2. The maximum absolute atomic E-state index is 13.5. The lowest BCUT2D eigenvalue weighted by Gasteiger charge is -2.09. The van der Waals surface area contributed by atoms with Crippen LogP contribution in [0.2, 0.25) is 0 Å². The van der Waals surface area contributed by atoms with Crippen molar-refractivity contribution in [3.63, 3.8) is 0 Å². The molecule has 4 aromatic rings. The summed E-state index contributed by atoms with van der Waals surface area (Å²) in [4.78, 5) is 31.7. The van der Waals surface area contributed by atoms with E-state index in [2.05, 4.69) is 25.8 Å². The highest BCUT2D eigenvalue weighted by molar-refractivity contribution is 5.89. The number of halogens is 3. The SMILES string of the molecule is Cc1ccccc1OCC(=O)NCCNC(=O)c1nc(Cn2c(C(F)(F)F)nc3ccccc32)no1. The van der Waals surface area contributed by atoms with Crippen molar-refractivity contribution in [2.24, 2.45) is 0 Å². The average Bonchev–Trinajstić information content (AvgIpc) is 3.47. The number of alkyl halides is 3. The topological polar surface area (TPSA) is 124 Å². The molecule has 13 heteroatoms. The van der Waals surface area contributed by atoms with Gasteiger partial charge in [-0.2, -0.15) is 18.2 Å². The zero-order valence-corrected chi connectivity index (χ0v) is 19.0. The third-order valence-corrected chi connectivity index (χ3v) is 5.06. The third-order valence-electron chi connectivity index (χ3n) is 5.06. The number of hydrogen-bond donors (Lipinski definition) is 2. The van der Waals surface area contributed by atoms with Gasteiger partial charge in [0.2, 0.25) is 5.82 Å². The van der Waals surface area contributed by atoms with E-state index in [0.717, 1.165) is 10.1 Å². The van der Waals surface area contributed by atoms with Crippen molar-refractivity contribution in [1.29, 1.82) is 0 Å². The number of rotatable bonds is 9. The molecule has 2 aromatic heterocycles. The second kappa shape index (κ2) is 10.5. The number of nitrogens with zero attached hydrogens (tertiary/aromatic N) is 4. The summed E-state index contributed by atoms with van der Waals surface area (Å²) in [7, 11) is 0. The molecule has 2 N–H and O–H groups in total. The molecule has 0 aliphatic heterocycles. The number of fused-ring (bicyclic) bond motifs is 1. The monoisotopic (exact) mass is 502 g/mol. The maximum Gasteiger partial charge on any atom is 0.449 e. The molecule has 0 saturated carbocycles. The van der Waals surface area contributed by atoms with Gasteiger partial charge in [0.1, 0.15) is 5.75 Å². The van der Waals surface area contributed by atoms with Crippen LogP contribution in [0.4, 0.5) is 13.2 Å². The smallest absolute Gasteiger partial charge is 0.449 e. The molecule has 0 radical (unpaired) electrons. The van der Waals surface area contributed by atoms with Crippen LogP contribution in [-0.2, 0) is 17.5 Å². The van der Waals surface area contributed by atoms with Gasteiger partial charge >= 0.3 is 18.0 Å². The molecule has 10 nitrogen and oxygen atoms in total. The van der Waals surface area contributed by atoms with Crippen molar-refractivity contribution in [2.75, 3.05) is 19.7 Å². The lowest BCUT2D eigenvalue weighted by atomic mass is 10.2. The number of imidazole rings is 1. The van der Waals surface area contributed by atoms with Crippen molar-refractivity contribution < 1.29 is 32.0 Å². The van der Waals surface area contributed by atoms with Crippen molar-refractivity contribution in [1.82, 2.24) is 30.3 Å². The minimum absolute atomic E-state index is 0.0526. The standard InChI is InChI=1S/C23H21F3N6O4/c1-14-6-2-5-9-17(14)35-13-19(33)27-10-11-28-20(34)21-30-18(31-36-21)12-32-16-8-4-3-7-15(16)29-22(32)23(24,25)26/h2-9H,10-13H2,1H3,(H,27,33)(H,28,34). The summed E-state index contributed by atoms with van der Waals surface area (Å²) in [6, 6.07) is 13.4. The van der Waals surface area contributed by atoms with Gasteiger partial charge in [0.25, 0.3) is 5.91 Å². The van der Waals surface area contributed by atoms with Crippen molar-refractivity contribution in [3.8, 4) is 5.75 Å². The second-order valence-electron chi connectivity index (χ2n) is 7.68. The summed E-state index contributed by atoms with van der Waals surface area (Å²) in [5, 5.41) is 8.68. The van der Waals surface area contributed by atoms with Crippen LogP contribution in [-0.4, -0.2) is 51.2 Å². The van der Waals surface area contributed by atoms with Crippen molar-refractivity contribution in [2.45, 2.75) is 19.6 Å². The number of aryl methyl sites for hydroxylation is 1. The molecule has 0 bridgehead atoms. The Labute approximate surface area is 202 Å². The van der Waals surface area contributed by atoms with E-state index < -0.39 is 30.3 Å². The Kier molecular flexibility index (Phi) is 7.17. The van der Waals surface area contributed by atoms with Gasteiger partial charge in [-0.15, -0.1) is 0 Å². The summed E-state index contributed by atoms with van der Waals surface area (Å²) in [5.41, 5.74) is 1.30. The predicted octanol–water partition coefficient (Wildman–Crippen LogP) is 2.72. The first-order chi connectivity index (χ1) is 17.2. The summed E-state index contributed by atoms with van der Waals surface area (Å²) in [6.07, 6.45) is -4.70. The molecule has 188 valence electrons. The van der Waals surface area contributed by atoms with Crippen molar-refractivity contribution in [3.05, 3.63) is 71.6 Å². The minimum Gasteiger partial charge on any atom is -0.484 e. The lowest BCUT2D eigenvalue weighted by Crippen LogP contribution is -2.36. The molecular weight excluding hydrogens is 481 g/mol. The van der Waals surface area contributed by atoms with E-state index in [0.29, 0.717) is 5.75 Å². The van der Waals surface area contributed by atoms with Crippen LogP contribution in [0.1, 0.15) is 27.9 Å². The molecule has 4 rings (SSSR count). The Morgan fingerprint density at radius 2 is 1.75 bits per heavy atom. The Bertz CT molecular complexity index is 1380. The largest absolute Gasteiger partial charge is 0.484 e. The van der Waals surface area contributed by atoms with Crippen LogP contribution >= 0.6 is 0 Å². The number of para-hydroxylation sites is 3. The van der Waals surface area contributed by atoms with E-state index in [1.807, 2.05) is 19.1 Å². The van der Waals surface area contributed by atoms with Crippen LogP contribution in [0.15, 0.2) is 53.1 Å². The summed E-state index contributed by atoms with van der Waals surface area (Å²) >= 11 is 0. The van der Waals surface area contributed by atoms with Gasteiger partial charge in [-0.1, -0.05) is 35.5 Å². The number of amides is 2. The molecular formula is C23H21F3N6O4. The number of benzene rings is 2. The molecule has 0 spiro atoms. The summed E-state index contributed by atoms with van der Waals surface area (Å²) in [6.45, 7) is 1.44. The van der Waals surface area contributed by atoms with Gasteiger partial charge in [-0.25, -0.2) is 4.98 Å². The maximum atomic E-state index is 13.5. The van der Waals surface area contributed by atoms with E-state index >= 15 is 0 Å². The molecule has 0 unspecified atom stereocenters.